The summed E-state index contributed by atoms with van der Waals surface area (Å²) in [6, 6.07) is 5.49. The van der Waals surface area contributed by atoms with Gasteiger partial charge < -0.3 is 14.6 Å². The molecule has 2 heterocycles. The molecule has 1 aromatic carbocycles. The van der Waals surface area contributed by atoms with Gasteiger partial charge in [-0.25, -0.2) is 14.8 Å². The standard InChI is InChI=1S/C14H12N2O4S/c17-14(18)12-13(16-5-4-15-12)21-9-2-3-10-11(8-9)20-7-1-6-19-10/h2-5,8H,1,6-7H2,(H,17,18). The summed E-state index contributed by atoms with van der Waals surface area (Å²) in [6.07, 6.45) is 3.67. The third kappa shape index (κ3) is 3.08. The minimum Gasteiger partial charge on any atom is -0.490 e. The lowest BCUT2D eigenvalue weighted by molar-refractivity contribution is 0.0685. The van der Waals surface area contributed by atoms with Crippen LogP contribution in [-0.2, 0) is 0 Å². The van der Waals surface area contributed by atoms with Crippen molar-refractivity contribution >= 4 is 17.7 Å². The van der Waals surface area contributed by atoms with Crippen molar-refractivity contribution in [2.45, 2.75) is 16.3 Å². The lowest BCUT2D eigenvalue weighted by Gasteiger charge is -2.09. The summed E-state index contributed by atoms with van der Waals surface area (Å²) in [4.78, 5) is 19.9. The number of hydrogen-bond acceptors (Lipinski definition) is 6. The number of aromatic nitrogens is 2. The van der Waals surface area contributed by atoms with E-state index in [-0.39, 0.29) is 5.69 Å². The van der Waals surface area contributed by atoms with Crippen LogP contribution < -0.4 is 9.47 Å². The Labute approximate surface area is 125 Å². The maximum absolute atomic E-state index is 11.1. The third-order valence-electron chi connectivity index (χ3n) is 2.80. The number of carbonyl (C=O) groups is 1. The molecule has 1 aromatic heterocycles. The Kier molecular flexibility index (Phi) is 3.92. The number of benzene rings is 1. The van der Waals surface area contributed by atoms with Crippen molar-refractivity contribution in [3.63, 3.8) is 0 Å². The van der Waals surface area contributed by atoms with Crippen LogP contribution in [0.5, 0.6) is 11.5 Å². The van der Waals surface area contributed by atoms with Gasteiger partial charge in [0.2, 0.25) is 0 Å². The molecule has 1 N–H and O–H groups in total. The average Bonchev–Trinajstić information content (AvgIpc) is 2.72. The molecule has 7 heteroatoms. The first kappa shape index (κ1) is 13.7. The highest BCUT2D eigenvalue weighted by atomic mass is 32.2. The van der Waals surface area contributed by atoms with E-state index < -0.39 is 5.97 Å². The molecular formula is C14H12N2O4S. The quantitative estimate of drug-likeness (QED) is 0.932. The molecule has 0 fully saturated rings. The first-order valence-electron chi connectivity index (χ1n) is 6.36. The molecule has 108 valence electrons. The van der Waals surface area contributed by atoms with Crippen LogP contribution in [0.4, 0.5) is 0 Å². The largest absolute Gasteiger partial charge is 0.490 e. The zero-order valence-corrected chi connectivity index (χ0v) is 11.8. The zero-order chi connectivity index (χ0) is 14.7. The van der Waals surface area contributed by atoms with Crippen LogP contribution in [-0.4, -0.2) is 34.3 Å². The molecule has 1 aliphatic rings. The lowest BCUT2D eigenvalue weighted by Crippen LogP contribution is -2.03. The third-order valence-corrected chi connectivity index (χ3v) is 3.78. The van der Waals surface area contributed by atoms with Gasteiger partial charge in [0, 0.05) is 23.7 Å². The molecule has 0 saturated carbocycles. The average molecular weight is 304 g/mol. The van der Waals surface area contributed by atoms with Gasteiger partial charge in [0.1, 0.15) is 5.03 Å². The van der Waals surface area contributed by atoms with Gasteiger partial charge in [0.15, 0.2) is 17.2 Å². The molecule has 0 amide bonds. The smallest absolute Gasteiger partial charge is 0.357 e. The van der Waals surface area contributed by atoms with Crippen LogP contribution >= 0.6 is 11.8 Å². The minimum absolute atomic E-state index is 0.0605. The molecule has 0 atom stereocenters. The van der Waals surface area contributed by atoms with Crippen molar-refractivity contribution < 1.29 is 19.4 Å². The lowest BCUT2D eigenvalue weighted by atomic mass is 10.3. The second-order valence-corrected chi connectivity index (χ2v) is 5.34. The van der Waals surface area contributed by atoms with Crippen LogP contribution in [0.3, 0.4) is 0 Å². The highest BCUT2D eigenvalue weighted by Crippen LogP contribution is 2.36. The van der Waals surface area contributed by atoms with Gasteiger partial charge in [-0.05, 0) is 18.2 Å². The predicted molar refractivity (Wildman–Crippen MR) is 75.2 cm³/mol. The van der Waals surface area contributed by atoms with Gasteiger partial charge >= 0.3 is 5.97 Å². The van der Waals surface area contributed by atoms with Crippen LogP contribution in [0.2, 0.25) is 0 Å². The van der Waals surface area contributed by atoms with E-state index >= 15 is 0 Å². The maximum atomic E-state index is 11.1. The Morgan fingerprint density at radius 1 is 1.14 bits per heavy atom. The summed E-state index contributed by atoms with van der Waals surface area (Å²) < 4.78 is 11.2. The Morgan fingerprint density at radius 2 is 1.90 bits per heavy atom. The molecular weight excluding hydrogens is 292 g/mol. The summed E-state index contributed by atoms with van der Waals surface area (Å²) in [5.74, 6) is 0.271. The maximum Gasteiger partial charge on any atom is 0.357 e. The molecule has 0 unspecified atom stereocenters. The van der Waals surface area contributed by atoms with Crippen LogP contribution in [0.1, 0.15) is 16.9 Å². The second-order valence-electron chi connectivity index (χ2n) is 4.28. The van der Waals surface area contributed by atoms with Gasteiger partial charge in [-0.2, -0.15) is 0 Å². The number of ether oxygens (including phenoxy) is 2. The fraction of sp³-hybridized carbons (Fsp3) is 0.214. The van der Waals surface area contributed by atoms with Gasteiger partial charge in [-0.1, -0.05) is 11.8 Å². The fourth-order valence-corrected chi connectivity index (χ4v) is 2.74. The predicted octanol–water partition coefficient (Wildman–Crippen LogP) is 2.49. The van der Waals surface area contributed by atoms with Crippen molar-refractivity contribution in [1.29, 1.82) is 0 Å². The Bertz CT molecular complexity index is 678. The molecule has 0 spiro atoms. The minimum atomic E-state index is -1.10. The molecule has 0 bridgehead atoms. The van der Waals surface area contributed by atoms with Crippen LogP contribution in [0.15, 0.2) is 40.5 Å². The van der Waals surface area contributed by atoms with E-state index in [1.165, 1.54) is 24.2 Å². The summed E-state index contributed by atoms with van der Waals surface area (Å²) in [7, 11) is 0. The SMILES string of the molecule is O=C(O)c1nccnc1Sc1ccc2c(c1)OCCCO2. The fourth-order valence-electron chi connectivity index (χ4n) is 1.87. The van der Waals surface area contributed by atoms with E-state index in [0.29, 0.717) is 29.7 Å². The number of carboxylic acid groups (broad SMARTS) is 1. The van der Waals surface area contributed by atoms with Gasteiger partial charge in [-0.15, -0.1) is 0 Å². The van der Waals surface area contributed by atoms with Crippen molar-refractivity contribution in [3.05, 3.63) is 36.3 Å². The summed E-state index contributed by atoms with van der Waals surface area (Å²) in [5, 5.41) is 9.46. The first-order valence-corrected chi connectivity index (χ1v) is 7.17. The Hall–Kier alpha value is -2.28. The topological polar surface area (TPSA) is 81.5 Å². The van der Waals surface area contributed by atoms with Gasteiger partial charge in [0.05, 0.1) is 13.2 Å². The highest BCUT2D eigenvalue weighted by molar-refractivity contribution is 7.99. The van der Waals surface area contributed by atoms with E-state index in [1.54, 1.807) is 0 Å². The highest BCUT2D eigenvalue weighted by Gasteiger charge is 2.16. The van der Waals surface area contributed by atoms with Crippen molar-refractivity contribution in [3.8, 4) is 11.5 Å². The van der Waals surface area contributed by atoms with E-state index in [9.17, 15) is 4.79 Å². The summed E-state index contributed by atoms with van der Waals surface area (Å²) in [5.41, 5.74) is -0.0605. The van der Waals surface area contributed by atoms with Crippen molar-refractivity contribution in [1.82, 2.24) is 9.97 Å². The number of hydrogen-bond donors (Lipinski definition) is 1. The van der Waals surface area contributed by atoms with Crippen molar-refractivity contribution in [2.75, 3.05) is 13.2 Å². The molecule has 0 aliphatic carbocycles. The molecule has 0 saturated heterocycles. The number of nitrogens with zero attached hydrogens (tertiary/aromatic N) is 2. The second kappa shape index (κ2) is 6.01. The Balaban J connectivity index is 1.89. The van der Waals surface area contributed by atoms with Gasteiger partial charge in [0.25, 0.3) is 0 Å². The molecule has 21 heavy (non-hydrogen) atoms. The summed E-state index contributed by atoms with van der Waals surface area (Å²) in [6.45, 7) is 1.24. The zero-order valence-electron chi connectivity index (χ0n) is 11.0. The number of rotatable bonds is 3. The van der Waals surface area contributed by atoms with Crippen LogP contribution in [0, 0.1) is 0 Å². The molecule has 3 rings (SSSR count). The Morgan fingerprint density at radius 3 is 2.71 bits per heavy atom. The van der Waals surface area contributed by atoms with Crippen LogP contribution in [0.25, 0.3) is 0 Å². The van der Waals surface area contributed by atoms with E-state index in [2.05, 4.69) is 9.97 Å². The molecule has 6 nitrogen and oxygen atoms in total. The monoisotopic (exact) mass is 304 g/mol. The first-order chi connectivity index (χ1) is 10.2. The van der Waals surface area contributed by atoms with Gasteiger partial charge in [-0.3, -0.25) is 0 Å². The number of aromatic carboxylic acids is 1. The number of fused-ring (bicyclic) bond motifs is 1. The number of carboxylic acids is 1. The molecule has 1 aliphatic heterocycles. The molecule has 2 aromatic rings. The van der Waals surface area contributed by atoms with E-state index in [4.69, 9.17) is 14.6 Å². The van der Waals surface area contributed by atoms with Crippen molar-refractivity contribution in [2.24, 2.45) is 0 Å². The normalized spacial score (nSPS) is 13.5. The van der Waals surface area contributed by atoms with E-state index in [0.717, 1.165) is 11.3 Å². The van der Waals surface area contributed by atoms with E-state index in [1.807, 2.05) is 18.2 Å². The molecule has 0 radical (unpaired) electrons. The summed E-state index contributed by atoms with van der Waals surface area (Å²) >= 11 is 1.23.